The minimum Gasteiger partial charge on any atom is -0.467 e. The average Bonchev–Trinajstić information content (AvgIpc) is 3.12. The number of carbonyl (C=O) groups excluding carboxylic acids is 1. The molecule has 1 aromatic carbocycles. The minimum absolute atomic E-state index is 0.113. The molecule has 0 aliphatic heterocycles. The number of aromatic nitrogens is 2. The second kappa shape index (κ2) is 8.06. The van der Waals surface area contributed by atoms with E-state index in [1.807, 2.05) is 6.07 Å². The lowest BCUT2D eigenvalue weighted by atomic mass is 10.2. The van der Waals surface area contributed by atoms with Crippen LogP contribution in [0.15, 0.2) is 36.7 Å². The third kappa shape index (κ3) is 3.82. The molecule has 0 fully saturated rings. The van der Waals surface area contributed by atoms with Crippen molar-refractivity contribution in [3.8, 4) is 11.8 Å². The number of hydrogen-bond donors (Lipinski definition) is 1. The number of ether oxygens (including phenoxy) is 1. The van der Waals surface area contributed by atoms with Crippen molar-refractivity contribution in [3.05, 3.63) is 51.7 Å². The molecule has 6 nitrogen and oxygen atoms in total. The third-order valence-electron chi connectivity index (χ3n) is 3.01. The highest BCUT2D eigenvalue weighted by molar-refractivity contribution is 6.50. The summed E-state index contributed by atoms with van der Waals surface area (Å²) in [6.07, 6.45) is 5.77. The van der Waals surface area contributed by atoms with Gasteiger partial charge in [-0.05, 0) is 18.2 Å². The zero-order valence-electron chi connectivity index (χ0n) is 12.3. The van der Waals surface area contributed by atoms with Crippen molar-refractivity contribution in [1.29, 1.82) is 5.26 Å². The van der Waals surface area contributed by atoms with Crippen LogP contribution >= 0.6 is 34.8 Å². The predicted molar refractivity (Wildman–Crippen MR) is 92.8 cm³/mol. The van der Waals surface area contributed by atoms with Gasteiger partial charge in [-0.25, -0.2) is 9.48 Å². The van der Waals surface area contributed by atoms with Gasteiger partial charge in [-0.3, -0.25) is 0 Å². The van der Waals surface area contributed by atoms with Crippen LogP contribution in [0.5, 0.6) is 0 Å². The van der Waals surface area contributed by atoms with E-state index < -0.39 is 12.0 Å². The van der Waals surface area contributed by atoms with Gasteiger partial charge in [-0.1, -0.05) is 34.8 Å². The lowest BCUT2D eigenvalue weighted by Gasteiger charge is -2.18. The summed E-state index contributed by atoms with van der Waals surface area (Å²) in [5, 5.41) is 16.1. The lowest BCUT2D eigenvalue weighted by Crippen LogP contribution is -2.28. The summed E-state index contributed by atoms with van der Waals surface area (Å²) in [5.74, 6) is -0.593. The van der Waals surface area contributed by atoms with Gasteiger partial charge in [0.1, 0.15) is 6.04 Å². The number of allylic oxidation sites excluding steroid dienone is 1. The molecule has 1 unspecified atom stereocenters. The number of nitriles is 1. The van der Waals surface area contributed by atoms with Crippen molar-refractivity contribution in [3.63, 3.8) is 0 Å². The second-order valence-electron chi connectivity index (χ2n) is 4.47. The predicted octanol–water partition coefficient (Wildman–Crippen LogP) is 3.87. The Balaban J connectivity index is 2.48. The molecule has 1 aromatic heterocycles. The van der Waals surface area contributed by atoms with Crippen LogP contribution in [0.1, 0.15) is 0 Å². The van der Waals surface area contributed by atoms with E-state index in [1.54, 1.807) is 24.5 Å². The monoisotopic (exact) mass is 384 g/mol. The lowest BCUT2D eigenvalue weighted by molar-refractivity contribution is -0.140. The van der Waals surface area contributed by atoms with Gasteiger partial charge in [-0.2, -0.15) is 10.4 Å². The van der Waals surface area contributed by atoms with Crippen molar-refractivity contribution < 1.29 is 9.53 Å². The first kappa shape index (κ1) is 18.1. The van der Waals surface area contributed by atoms with E-state index in [2.05, 4.69) is 10.4 Å². The number of carbonyl (C=O) groups is 1. The van der Waals surface area contributed by atoms with Crippen molar-refractivity contribution in [1.82, 2.24) is 9.78 Å². The van der Waals surface area contributed by atoms with Crippen LogP contribution in [-0.4, -0.2) is 28.9 Å². The van der Waals surface area contributed by atoms with Crippen LogP contribution in [0.3, 0.4) is 0 Å². The molecule has 0 radical (unpaired) electrons. The van der Waals surface area contributed by atoms with E-state index in [1.165, 1.54) is 17.9 Å². The largest absolute Gasteiger partial charge is 0.467 e. The molecular weight excluding hydrogens is 375 g/mol. The Hall–Kier alpha value is -2.20. The molecule has 24 heavy (non-hydrogen) atoms. The molecule has 0 aliphatic rings. The smallest absolute Gasteiger partial charge is 0.332 e. The molecule has 0 saturated carbocycles. The molecule has 1 N–H and O–H groups in total. The zero-order chi connectivity index (χ0) is 17.7. The van der Waals surface area contributed by atoms with Gasteiger partial charge in [0, 0.05) is 18.5 Å². The first-order valence-corrected chi connectivity index (χ1v) is 7.71. The van der Waals surface area contributed by atoms with Crippen molar-refractivity contribution >= 4 is 46.5 Å². The number of methoxy groups -OCH3 is 1. The van der Waals surface area contributed by atoms with Gasteiger partial charge in [0.05, 0.1) is 39.6 Å². The van der Waals surface area contributed by atoms with Crippen LogP contribution in [0.4, 0.5) is 5.69 Å². The van der Waals surface area contributed by atoms with Crippen LogP contribution in [0.2, 0.25) is 15.1 Å². The summed E-state index contributed by atoms with van der Waals surface area (Å²) in [6, 6.07) is 4.21. The summed E-state index contributed by atoms with van der Waals surface area (Å²) in [4.78, 5) is 11.8. The van der Waals surface area contributed by atoms with E-state index in [0.29, 0.717) is 11.4 Å². The summed E-state index contributed by atoms with van der Waals surface area (Å²) in [7, 11) is 1.24. The highest BCUT2D eigenvalue weighted by atomic mass is 35.5. The van der Waals surface area contributed by atoms with Crippen LogP contribution in [-0.2, 0) is 9.53 Å². The van der Waals surface area contributed by atoms with E-state index in [-0.39, 0.29) is 15.1 Å². The van der Waals surface area contributed by atoms with Crippen LogP contribution < -0.4 is 5.32 Å². The topological polar surface area (TPSA) is 79.9 Å². The molecule has 9 heteroatoms. The summed E-state index contributed by atoms with van der Waals surface area (Å²) < 4.78 is 6.20. The number of nitrogens with zero attached hydrogens (tertiary/aromatic N) is 3. The van der Waals surface area contributed by atoms with Gasteiger partial charge < -0.3 is 10.1 Å². The van der Waals surface area contributed by atoms with Crippen LogP contribution in [0.25, 0.3) is 5.69 Å². The molecule has 0 bridgehead atoms. The fraction of sp³-hybridized carbons (Fsp3) is 0.133. The van der Waals surface area contributed by atoms with E-state index in [4.69, 9.17) is 44.8 Å². The highest BCUT2D eigenvalue weighted by Crippen LogP contribution is 2.40. The normalized spacial score (nSPS) is 12.0. The molecule has 2 aromatic rings. The average molecular weight is 386 g/mol. The Morgan fingerprint density at radius 2 is 2.17 bits per heavy atom. The van der Waals surface area contributed by atoms with Gasteiger partial charge >= 0.3 is 5.97 Å². The molecule has 0 saturated heterocycles. The molecule has 0 aliphatic carbocycles. The number of rotatable bonds is 5. The first-order valence-electron chi connectivity index (χ1n) is 6.57. The Labute approximate surface area is 153 Å². The van der Waals surface area contributed by atoms with Gasteiger partial charge in [0.2, 0.25) is 0 Å². The minimum atomic E-state index is -0.921. The Morgan fingerprint density at radius 3 is 2.75 bits per heavy atom. The van der Waals surface area contributed by atoms with Gasteiger partial charge in [0.25, 0.3) is 0 Å². The number of nitrogens with one attached hydrogen (secondary N) is 1. The standard InChI is InChI=1S/C15H11Cl3N4O2/c1-24-15(23)9(4-2-5-19)21-10-8-11(22-7-3-6-20-22)13(17)14(18)12(10)16/h2-4,6-9,21H,1H3/b4-2+. The fourth-order valence-corrected chi connectivity index (χ4v) is 2.58. The number of hydrogen-bond acceptors (Lipinski definition) is 5. The van der Waals surface area contributed by atoms with Crippen molar-refractivity contribution in [2.24, 2.45) is 0 Å². The zero-order valence-corrected chi connectivity index (χ0v) is 14.6. The summed E-state index contributed by atoms with van der Waals surface area (Å²) >= 11 is 18.6. The Kier molecular flexibility index (Phi) is 6.10. The van der Waals surface area contributed by atoms with E-state index in [0.717, 1.165) is 6.08 Å². The molecule has 0 spiro atoms. The molecule has 124 valence electrons. The van der Waals surface area contributed by atoms with Gasteiger partial charge in [-0.15, -0.1) is 0 Å². The molecule has 1 heterocycles. The summed E-state index contributed by atoms with van der Waals surface area (Å²) in [5.41, 5.74) is 0.820. The molecule has 0 amide bonds. The van der Waals surface area contributed by atoms with E-state index >= 15 is 0 Å². The number of esters is 1. The number of halogens is 3. The second-order valence-corrected chi connectivity index (χ2v) is 5.60. The number of anilines is 1. The fourth-order valence-electron chi connectivity index (χ4n) is 1.89. The summed E-state index contributed by atoms with van der Waals surface area (Å²) in [6.45, 7) is 0. The quantitative estimate of drug-likeness (QED) is 0.480. The Morgan fingerprint density at radius 1 is 1.42 bits per heavy atom. The number of benzene rings is 1. The molecule has 2 rings (SSSR count). The first-order chi connectivity index (χ1) is 11.5. The maximum Gasteiger partial charge on any atom is 0.332 e. The molecule has 1 atom stereocenters. The van der Waals surface area contributed by atoms with Crippen molar-refractivity contribution in [2.45, 2.75) is 6.04 Å². The van der Waals surface area contributed by atoms with Gasteiger partial charge in [0.15, 0.2) is 0 Å². The maximum absolute atomic E-state index is 11.8. The molecular formula is C15H11Cl3N4O2. The highest BCUT2D eigenvalue weighted by Gasteiger charge is 2.21. The SMILES string of the molecule is COC(=O)C(/C=C/C#N)Nc1cc(-n2cccn2)c(Cl)c(Cl)c1Cl. The maximum atomic E-state index is 11.8. The van der Waals surface area contributed by atoms with Crippen LogP contribution in [0, 0.1) is 11.3 Å². The van der Waals surface area contributed by atoms with Crippen molar-refractivity contribution in [2.75, 3.05) is 12.4 Å². The third-order valence-corrected chi connectivity index (χ3v) is 4.35. The Bertz CT molecular complexity index is 813. The van der Waals surface area contributed by atoms with E-state index in [9.17, 15) is 4.79 Å².